The summed E-state index contributed by atoms with van der Waals surface area (Å²) in [6.45, 7) is 5.85. The van der Waals surface area contributed by atoms with Crippen molar-refractivity contribution in [2.45, 2.75) is 52.0 Å². The first-order chi connectivity index (χ1) is 11.5. The summed E-state index contributed by atoms with van der Waals surface area (Å²) in [6.07, 6.45) is 6.77. The van der Waals surface area contributed by atoms with E-state index in [4.69, 9.17) is 0 Å². The Morgan fingerprint density at radius 3 is 2.38 bits per heavy atom. The molecule has 2 rings (SSSR count). The summed E-state index contributed by atoms with van der Waals surface area (Å²) in [6, 6.07) is 2.69. The van der Waals surface area contributed by atoms with E-state index in [9.17, 15) is 14.7 Å². The lowest BCUT2D eigenvalue weighted by atomic mass is 10.0. The van der Waals surface area contributed by atoms with Gasteiger partial charge in [0.15, 0.2) is 0 Å². The normalized spacial score (nSPS) is 16.5. The first-order valence-electron chi connectivity index (χ1n) is 8.72. The van der Waals surface area contributed by atoms with Gasteiger partial charge in [-0.2, -0.15) is 0 Å². The second-order valence-corrected chi connectivity index (χ2v) is 6.80. The highest BCUT2D eigenvalue weighted by atomic mass is 16.4. The number of rotatable bonds is 6. The molecule has 2 N–H and O–H groups in total. The van der Waals surface area contributed by atoms with Crippen LogP contribution >= 0.6 is 0 Å². The Morgan fingerprint density at radius 2 is 1.88 bits per heavy atom. The molecule has 1 aromatic rings. The van der Waals surface area contributed by atoms with Crippen LogP contribution in [0.25, 0.3) is 0 Å². The van der Waals surface area contributed by atoms with E-state index in [0.29, 0.717) is 12.0 Å². The van der Waals surface area contributed by atoms with Gasteiger partial charge < -0.3 is 15.3 Å². The molecule has 24 heavy (non-hydrogen) atoms. The number of aliphatic carboxylic acids is 1. The number of hydrogen-bond donors (Lipinski definition) is 2. The number of carboxylic acid groups (broad SMARTS) is 1. The molecule has 0 bridgehead atoms. The Bertz CT molecular complexity index is 549. The molecule has 0 unspecified atom stereocenters. The topological polar surface area (TPSA) is 82.5 Å². The lowest BCUT2D eigenvalue weighted by molar-refractivity contribution is -0.139. The van der Waals surface area contributed by atoms with Crippen LogP contribution in [0.5, 0.6) is 0 Å². The van der Waals surface area contributed by atoms with Crippen LogP contribution < -0.4 is 10.2 Å². The SMILES string of the molecule is CC(C)C[C@@H](NC(=O)c1ccc(N2CCCCCC2)nc1)C(=O)O. The maximum Gasteiger partial charge on any atom is 0.326 e. The van der Waals surface area contributed by atoms with Crippen LogP contribution in [-0.4, -0.2) is 41.1 Å². The number of hydrogen-bond acceptors (Lipinski definition) is 4. The highest BCUT2D eigenvalue weighted by molar-refractivity contribution is 5.96. The van der Waals surface area contributed by atoms with Gasteiger partial charge in [-0.3, -0.25) is 4.79 Å². The largest absolute Gasteiger partial charge is 0.480 e. The molecule has 1 fully saturated rings. The molecule has 2 heterocycles. The quantitative estimate of drug-likeness (QED) is 0.836. The van der Waals surface area contributed by atoms with Crippen LogP contribution in [0.1, 0.15) is 56.3 Å². The highest BCUT2D eigenvalue weighted by Crippen LogP contribution is 2.17. The van der Waals surface area contributed by atoms with Crippen LogP contribution in [0.2, 0.25) is 0 Å². The Labute approximate surface area is 143 Å². The molecule has 0 aliphatic carbocycles. The van der Waals surface area contributed by atoms with Gasteiger partial charge in [0.05, 0.1) is 5.56 Å². The first-order valence-corrected chi connectivity index (χ1v) is 8.72. The number of anilines is 1. The molecule has 132 valence electrons. The first kappa shape index (κ1) is 18.2. The van der Waals surface area contributed by atoms with E-state index >= 15 is 0 Å². The number of nitrogens with zero attached hydrogens (tertiary/aromatic N) is 2. The molecule has 1 atom stereocenters. The molecule has 0 spiro atoms. The van der Waals surface area contributed by atoms with E-state index < -0.39 is 17.9 Å². The average Bonchev–Trinajstić information content (AvgIpc) is 2.83. The molecule has 0 radical (unpaired) electrons. The van der Waals surface area contributed by atoms with Gasteiger partial charge in [-0.15, -0.1) is 0 Å². The van der Waals surface area contributed by atoms with Crippen molar-refractivity contribution in [2.75, 3.05) is 18.0 Å². The number of carboxylic acids is 1. The summed E-state index contributed by atoms with van der Waals surface area (Å²) in [7, 11) is 0. The van der Waals surface area contributed by atoms with Gasteiger partial charge in [0.1, 0.15) is 11.9 Å². The number of nitrogens with one attached hydrogen (secondary N) is 1. The minimum absolute atomic E-state index is 0.190. The zero-order valence-electron chi connectivity index (χ0n) is 14.5. The van der Waals surface area contributed by atoms with Crippen molar-refractivity contribution in [2.24, 2.45) is 5.92 Å². The summed E-state index contributed by atoms with van der Waals surface area (Å²) < 4.78 is 0. The van der Waals surface area contributed by atoms with Gasteiger partial charge in [0.25, 0.3) is 5.91 Å². The second-order valence-electron chi connectivity index (χ2n) is 6.80. The smallest absolute Gasteiger partial charge is 0.326 e. The maximum absolute atomic E-state index is 12.3. The molecule has 0 aromatic carbocycles. The summed E-state index contributed by atoms with van der Waals surface area (Å²) in [5, 5.41) is 11.8. The minimum Gasteiger partial charge on any atom is -0.480 e. The number of pyridine rings is 1. The third-order valence-corrected chi connectivity index (χ3v) is 4.25. The minimum atomic E-state index is -1.01. The van der Waals surface area contributed by atoms with Crippen molar-refractivity contribution in [3.63, 3.8) is 0 Å². The lowest BCUT2D eigenvalue weighted by Crippen LogP contribution is -2.41. The maximum atomic E-state index is 12.3. The van der Waals surface area contributed by atoms with Gasteiger partial charge in [0, 0.05) is 19.3 Å². The fraction of sp³-hybridized carbons (Fsp3) is 0.611. The predicted octanol–water partition coefficient (Wildman–Crippen LogP) is 2.69. The molecule has 1 amide bonds. The van der Waals surface area contributed by atoms with Gasteiger partial charge in [-0.1, -0.05) is 26.7 Å². The van der Waals surface area contributed by atoms with Crippen molar-refractivity contribution in [3.8, 4) is 0 Å². The van der Waals surface area contributed by atoms with Crippen LogP contribution in [0, 0.1) is 5.92 Å². The van der Waals surface area contributed by atoms with E-state index in [-0.39, 0.29) is 5.92 Å². The molecular formula is C18H27N3O3. The van der Waals surface area contributed by atoms with E-state index in [2.05, 4.69) is 15.2 Å². The molecule has 1 aliphatic heterocycles. The fourth-order valence-electron chi connectivity index (χ4n) is 2.94. The molecule has 6 heteroatoms. The predicted molar refractivity (Wildman–Crippen MR) is 93.3 cm³/mol. The Hall–Kier alpha value is -2.11. The van der Waals surface area contributed by atoms with Crippen LogP contribution in [0.15, 0.2) is 18.3 Å². The van der Waals surface area contributed by atoms with Crippen LogP contribution in [-0.2, 0) is 4.79 Å². The summed E-state index contributed by atoms with van der Waals surface area (Å²) in [5.74, 6) is -0.329. The Morgan fingerprint density at radius 1 is 1.21 bits per heavy atom. The van der Waals surface area contributed by atoms with E-state index in [1.54, 1.807) is 6.07 Å². The molecular weight excluding hydrogens is 306 g/mol. The summed E-state index contributed by atoms with van der Waals surface area (Å²) in [5.41, 5.74) is 0.392. The number of carbonyl (C=O) groups is 2. The van der Waals surface area contributed by atoms with Crippen LogP contribution in [0.3, 0.4) is 0 Å². The fourth-order valence-corrected chi connectivity index (χ4v) is 2.94. The number of carbonyl (C=O) groups excluding carboxylic acids is 1. The van der Waals surface area contributed by atoms with Gasteiger partial charge in [-0.25, -0.2) is 9.78 Å². The van der Waals surface area contributed by atoms with Crippen LogP contribution in [0.4, 0.5) is 5.82 Å². The zero-order chi connectivity index (χ0) is 17.5. The second kappa shape index (κ2) is 8.66. The summed E-state index contributed by atoms with van der Waals surface area (Å²) in [4.78, 5) is 30.2. The van der Waals surface area contributed by atoms with Gasteiger partial charge in [0.2, 0.25) is 0 Å². The van der Waals surface area contributed by atoms with Gasteiger partial charge in [-0.05, 0) is 37.3 Å². The monoisotopic (exact) mass is 333 g/mol. The lowest BCUT2D eigenvalue weighted by Gasteiger charge is -2.21. The van der Waals surface area contributed by atoms with E-state index in [0.717, 1.165) is 18.9 Å². The van der Waals surface area contributed by atoms with Crippen molar-refractivity contribution in [1.29, 1.82) is 0 Å². The van der Waals surface area contributed by atoms with E-state index in [1.807, 2.05) is 19.9 Å². The highest BCUT2D eigenvalue weighted by Gasteiger charge is 2.22. The Balaban J connectivity index is 2.00. The van der Waals surface area contributed by atoms with Crippen molar-refractivity contribution in [1.82, 2.24) is 10.3 Å². The molecule has 6 nitrogen and oxygen atoms in total. The third kappa shape index (κ3) is 5.22. The Kier molecular flexibility index (Phi) is 6.58. The molecule has 1 saturated heterocycles. The van der Waals surface area contributed by atoms with Gasteiger partial charge >= 0.3 is 5.97 Å². The van der Waals surface area contributed by atoms with Crippen molar-refractivity contribution >= 4 is 17.7 Å². The zero-order valence-corrected chi connectivity index (χ0v) is 14.5. The average molecular weight is 333 g/mol. The third-order valence-electron chi connectivity index (χ3n) is 4.25. The number of amides is 1. The van der Waals surface area contributed by atoms with Crippen molar-refractivity contribution in [3.05, 3.63) is 23.9 Å². The molecule has 0 saturated carbocycles. The molecule has 1 aromatic heterocycles. The van der Waals surface area contributed by atoms with Crippen molar-refractivity contribution < 1.29 is 14.7 Å². The van der Waals surface area contributed by atoms with E-state index in [1.165, 1.54) is 31.9 Å². The molecule has 1 aliphatic rings. The summed E-state index contributed by atoms with van der Waals surface area (Å²) >= 11 is 0. The number of aromatic nitrogens is 1. The standard InChI is InChI=1S/C18H27N3O3/c1-13(2)11-15(18(23)24)20-17(22)14-7-8-16(19-12-14)21-9-5-3-4-6-10-21/h7-8,12-13,15H,3-6,9-11H2,1-2H3,(H,20,22)(H,23,24)/t15-/m1/s1.